The molecule has 32 valence electrons. The van der Waals surface area contributed by atoms with Gasteiger partial charge in [0.1, 0.15) is 0 Å². The van der Waals surface area contributed by atoms with Crippen LogP contribution < -0.4 is 56.3 Å². The van der Waals surface area contributed by atoms with Crippen LogP contribution in [0.5, 0.6) is 0 Å². The Balaban J connectivity index is 0. The molecule has 0 fully saturated rings. The van der Waals surface area contributed by atoms with Gasteiger partial charge < -0.3 is 9.46 Å². The molecular formula is C2H6KO2P. The van der Waals surface area contributed by atoms with Crippen molar-refractivity contribution in [2.45, 2.75) is 0 Å². The van der Waals surface area contributed by atoms with E-state index >= 15 is 0 Å². The van der Waals surface area contributed by atoms with Crippen molar-refractivity contribution in [2.24, 2.45) is 0 Å². The van der Waals surface area contributed by atoms with E-state index in [-0.39, 0.29) is 51.4 Å². The predicted octanol–water partition coefficient (Wildman–Crippen LogP) is -3.11. The van der Waals surface area contributed by atoms with Crippen LogP contribution in [-0.4, -0.2) is 13.3 Å². The van der Waals surface area contributed by atoms with Crippen LogP contribution in [0.2, 0.25) is 0 Å². The summed E-state index contributed by atoms with van der Waals surface area (Å²) in [6.07, 6.45) is 0. The number of hydrogen-bond donors (Lipinski definition) is 0. The first-order valence-electron chi connectivity index (χ1n) is 1.26. The van der Waals surface area contributed by atoms with Gasteiger partial charge in [-0.1, -0.05) is 0 Å². The molecule has 0 saturated carbocycles. The van der Waals surface area contributed by atoms with Crippen LogP contribution in [0, 0.1) is 0 Å². The maximum atomic E-state index is 9.66. The zero-order chi connectivity index (χ0) is 4.50. The van der Waals surface area contributed by atoms with Crippen LogP contribution >= 0.6 is 7.37 Å². The molecule has 0 aromatic rings. The second-order valence-electron chi connectivity index (χ2n) is 1.25. The molecule has 0 spiro atoms. The summed E-state index contributed by atoms with van der Waals surface area (Å²) in [4.78, 5) is 9.66. The van der Waals surface area contributed by atoms with E-state index < -0.39 is 7.37 Å². The molecule has 0 aromatic heterocycles. The maximum Gasteiger partial charge on any atom is 1.00 e. The summed E-state index contributed by atoms with van der Waals surface area (Å²) in [5.74, 6) is 0. The summed E-state index contributed by atoms with van der Waals surface area (Å²) in [6.45, 7) is 2.38. The van der Waals surface area contributed by atoms with Gasteiger partial charge >= 0.3 is 51.4 Å². The van der Waals surface area contributed by atoms with Crippen LogP contribution in [0.4, 0.5) is 0 Å². The van der Waals surface area contributed by atoms with Gasteiger partial charge in [-0.25, -0.2) is 0 Å². The van der Waals surface area contributed by atoms with E-state index in [1.54, 1.807) is 0 Å². The van der Waals surface area contributed by atoms with Crippen LogP contribution in [-0.2, 0) is 4.57 Å². The summed E-state index contributed by atoms with van der Waals surface area (Å²) < 4.78 is 9.66. The normalized spacial score (nSPS) is 9.83. The molecule has 2 nitrogen and oxygen atoms in total. The van der Waals surface area contributed by atoms with Crippen molar-refractivity contribution in [3.05, 3.63) is 0 Å². The Bertz CT molecular complexity index is 57.7. The summed E-state index contributed by atoms with van der Waals surface area (Å²) in [5.41, 5.74) is 0. The molecule has 0 heterocycles. The topological polar surface area (TPSA) is 40.1 Å². The third-order valence-corrected chi connectivity index (χ3v) is 0. The molecule has 0 aliphatic rings. The van der Waals surface area contributed by atoms with E-state index in [1.807, 2.05) is 0 Å². The fraction of sp³-hybridized carbons (Fsp3) is 1.00. The van der Waals surface area contributed by atoms with Crippen LogP contribution in [0.1, 0.15) is 0 Å². The Morgan fingerprint density at radius 2 is 1.50 bits per heavy atom. The number of rotatable bonds is 0. The molecule has 0 aliphatic carbocycles. The Morgan fingerprint density at radius 1 is 1.50 bits per heavy atom. The van der Waals surface area contributed by atoms with Crippen molar-refractivity contribution >= 4 is 7.37 Å². The average molecular weight is 132 g/mol. The molecule has 0 aromatic carbocycles. The first-order chi connectivity index (χ1) is 2.00. The quantitative estimate of drug-likeness (QED) is 0.258. The van der Waals surface area contributed by atoms with Gasteiger partial charge in [-0.05, 0) is 13.3 Å². The smallest absolute Gasteiger partial charge is 0.800 e. The maximum absolute atomic E-state index is 9.66. The van der Waals surface area contributed by atoms with Crippen molar-refractivity contribution in [3.8, 4) is 0 Å². The third kappa shape index (κ3) is 40.7. The summed E-state index contributed by atoms with van der Waals surface area (Å²) in [5, 5.41) is 0. The van der Waals surface area contributed by atoms with Crippen LogP contribution in [0.25, 0.3) is 0 Å². The molecule has 0 radical (unpaired) electrons. The minimum atomic E-state index is -2.89. The minimum Gasteiger partial charge on any atom is -0.800 e. The molecular weight excluding hydrogens is 126 g/mol. The van der Waals surface area contributed by atoms with Crippen LogP contribution in [0.15, 0.2) is 0 Å². The summed E-state index contributed by atoms with van der Waals surface area (Å²) in [7, 11) is -2.89. The zero-order valence-corrected chi connectivity index (χ0v) is 8.28. The molecule has 6 heavy (non-hydrogen) atoms. The minimum absolute atomic E-state index is 0. The van der Waals surface area contributed by atoms with E-state index in [2.05, 4.69) is 0 Å². The van der Waals surface area contributed by atoms with Gasteiger partial charge in [0.25, 0.3) is 0 Å². The van der Waals surface area contributed by atoms with Gasteiger partial charge in [-0.2, -0.15) is 0 Å². The summed E-state index contributed by atoms with van der Waals surface area (Å²) in [6, 6.07) is 0. The van der Waals surface area contributed by atoms with E-state index in [0.717, 1.165) is 0 Å². The molecule has 0 amide bonds. The molecule has 0 saturated heterocycles. The molecule has 0 N–H and O–H groups in total. The van der Waals surface area contributed by atoms with Crippen molar-refractivity contribution < 1.29 is 60.8 Å². The fourth-order valence-corrected chi connectivity index (χ4v) is 0. The number of hydrogen-bond acceptors (Lipinski definition) is 2. The first-order valence-corrected chi connectivity index (χ1v) is 3.78. The monoisotopic (exact) mass is 132 g/mol. The van der Waals surface area contributed by atoms with Crippen molar-refractivity contribution in [1.29, 1.82) is 0 Å². The van der Waals surface area contributed by atoms with Crippen molar-refractivity contribution in [3.63, 3.8) is 0 Å². The average Bonchev–Trinajstić information content (AvgIpc) is 0.722. The fourth-order valence-electron chi connectivity index (χ4n) is 0. The largest absolute Gasteiger partial charge is 1.00 e. The van der Waals surface area contributed by atoms with E-state index in [1.165, 1.54) is 13.3 Å². The Kier molecular flexibility index (Phi) is 6.77. The van der Waals surface area contributed by atoms with E-state index in [4.69, 9.17) is 0 Å². The molecule has 0 rings (SSSR count). The Labute approximate surface area is 80.2 Å². The summed E-state index contributed by atoms with van der Waals surface area (Å²) >= 11 is 0. The van der Waals surface area contributed by atoms with Gasteiger partial charge in [0.05, 0.1) is 0 Å². The molecule has 0 unspecified atom stereocenters. The van der Waals surface area contributed by atoms with Gasteiger partial charge in [-0.3, -0.25) is 0 Å². The van der Waals surface area contributed by atoms with Crippen molar-refractivity contribution in [1.82, 2.24) is 0 Å². The molecule has 0 atom stereocenters. The third-order valence-electron chi connectivity index (χ3n) is 0. The van der Waals surface area contributed by atoms with E-state index in [9.17, 15) is 9.46 Å². The molecule has 0 aliphatic heterocycles. The van der Waals surface area contributed by atoms with E-state index in [0.29, 0.717) is 0 Å². The zero-order valence-electron chi connectivity index (χ0n) is 4.26. The Morgan fingerprint density at radius 3 is 1.50 bits per heavy atom. The van der Waals surface area contributed by atoms with Gasteiger partial charge in [-0.15, -0.1) is 0 Å². The van der Waals surface area contributed by atoms with Crippen molar-refractivity contribution in [2.75, 3.05) is 13.3 Å². The van der Waals surface area contributed by atoms with Gasteiger partial charge in [0.2, 0.25) is 0 Å². The second kappa shape index (κ2) is 3.78. The van der Waals surface area contributed by atoms with Gasteiger partial charge in [0.15, 0.2) is 0 Å². The second-order valence-corrected chi connectivity index (χ2v) is 3.76. The Hall–Kier alpha value is 1.83. The first kappa shape index (κ1) is 10.7. The standard InChI is InChI=1S/C2H7O2P.K/c1-5(2,3)4;/h1-2H3,(H,3,4);/q;+1/p-1. The van der Waals surface area contributed by atoms with Crippen LogP contribution in [0.3, 0.4) is 0 Å². The van der Waals surface area contributed by atoms with Gasteiger partial charge in [0, 0.05) is 7.37 Å². The SMILES string of the molecule is CP(C)(=O)[O-].[K+]. The molecule has 4 heteroatoms. The predicted molar refractivity (Wildman–Crippen MR) is 19.5 cm³/mol. The molecule has 0 bridgehead atoms.